The second-order valence-corrected chi connectivity index (χ2v) is 18.4. The molecule has 2 aliphatic heterocycles. The highest BCUT2D eigenvalue weighted by Gasteiger charge is 2.62. The molecule has 4 aliphatic rings. The van der Waals surface area contributed by atoms with Crippen molar-refractivity contribution in [2.75, 3.05) is 13.7 Å². The Kier molecular flexibility index (Phi) is 11.7. The van der Waals surface area contributed by atoms with Crippen LogP contribution >= 0.6 is 11.6 Å². The van der Waals surface area contributed by atoms with Crippen LogP contribution in [0.2, 0.25) is 5.02 Å². The minimum atomic E-state index is -4.92. The molecule has 2 aliphatic carbocycles. The Bertz CT molecular complexity index is 2060. The van der Waals surface area contributed by atoms with Gasteiger partial charge in [0.05, 0.1) is 30.1 Å². The number of allylic oxidation sites excluding steroid dienone is 1. The van der Waals surface area contributed by atoms with Gasteiger partial charge in [0.1, 0.15) is 29.5 Å². The van der Waals surface area contributed by atoms with Gasteiger partial charge in [0, 0.05) is 23.1 Å². The molecular formula is C38H47ClF3N5O9S. The lowest BCUT2D eigenvalue weighted by atomic mass is 9.88. The standard InChI is InChI=1S/C38H47ClF3N5O9S/c1-20-9-6-7-10-22-17-37(22,34(50)46-57(52,53)24-13-14-24)45-31(48)27-16-23(55-32-25-11-8-12-26(39)29(25)28(54-5)18-43-32)19-47(27)33(49)30(21(2)15-20)44-35(51)56-36(3,4)38(40,41)42/h7-8,10-12,18,20-24,27,30H,6,9,13-17,19H2,1-5H3,(H,44,51)(H,45,48)(H,46,50). The molecule has 7 unspecified atom stereocenters. The van der Waals surface area contributed by atoms with Gasteiger partial charge in [-0.05, 0) is 76.3 Å². The number of nitrogens with zero attached hydrogens (tertiary/aromatic N) is 2. The lowest BCUT2D eigenvalue weighted by Gasteiger charge is -2.34. The van der Waals surface area contributed by atoms with E-state index in [9.17, 15) is 40.8 Å². The zero-order valence-electron chi connectivity index (χ0n) is 32.2. The van der Waals surface area contributed by atoms with Crippen molar-refractivity contribution >= 4 is 56.2 Å². The molecule has 312 valence electrons. The molecule has 2 saturated carbocycles. The first-order valence-electron chi connectivity index (χ1n) is 18.9. The van der Waals surface area contributed by atoms with Crippen LogP contribution in [0.3, 0.4) is 0 Å². The van der Waals surface area contributed by atoms with Crippen molar-refractivity contribution in [2.45, 2.75) is 113 Å². The largest absolute Gasteiger partial charge is 0.494 e. The fourth-order valence-electron chi connectivity index (χ4n) is 7.55. The summed E-state index contributed by atoms with van der Waals surface area (Å²) < 4.78 is 85.6. The van der Waals surface area contributed by atoms with Crippen molar-refractivity contribution in [2.24, 2.45) is 17.8 Å². The first-order valence-corrected chi connectivity index (χ1v) is 20.8. The number of fused-ring (bicyclic) bond motifs is 3. The van der Waals surface area contributed by atoms with Crippen LogP contribution in [0.25, 0.3) is 10.8 Å². The molecule has 0 radical (unpaired) electrons. The van der Waals surface area contributed by atoms with Crippen LogP contribution in [-0.2, 0) is 29.1 Å². The number of benzene rings is 1. The first kappa shape index (κ1) is 42.3. The van der Waals surface area contributed by atoms with E-state index in [1.54, 1.807) is 31.2 Å². The van der Waals surface area contributed by atoms with Gasteiger partial charge in [-0.1, -0.05) is 43.7 Å². The van der Waals surface area contributed by atoms with Crippen molar-refractivity contribution < 1.29 is 55.0 Å². The zero-order valence-corrected chi connectivity index (χ0v) is 33.7. The zero-order chi connectivity index (χ0) is 41.7. The quantitative estimate of drug-likeness (QED) is 0.300. The monoisotopic (exact) mass is 841 g/mol. The molecule has 0 bridgehead atoms. The number of halogens is 4. The van der Waals surface area contributed by atoms with Gasteiger partial charge in [-0.2, -0.15) is 13.2 Å². The maximum absolute atomic E-state index is 14.7. The smallest absolute Gasteiger partial charge is 0.427 e. The van der Waals surface area contributed by atoms with E-state index in [0.717, 1.165) is 0 Å². The minimum Gasteiger partial charge on any atom is -0.494 e. The topological polar surface area (TPSA) is 182 Å². The first-order chi connectivity index (χ1) is 26.7. The van der Waals surface area contributed by atoms with Gasteiger partial charge in [0.15, 0.2) is 0 Å². The van der Waals surface area contributed by atoms with Crippen LogP contribution in [0.1, 0.15) is 72.6 Å². The summed E-state index contributed by atoms with van der Waals surface area (Å²) in [6, 6.07) is 2.25. The maximum atomic E-state index is 14.7. The Hall–Kier alpha value is -4.32. The SMILES string of the molecule is COc1cnc(OC2CC3C(=O)NC4(C(=O)NS(=O)(=O)C5CC5)CC4C=CCCC(C)CC(C)C(NC(=O)OC(C)(C)C(F)(F)F)C(=O)N3C2)c2cccc(Cl)c12. The Morgan fingerprint density at radius 1 is 1.11 bits per heavy atom. The summed E-state index contributed by atoms with van der Waals surface area (Å²) >= 11 is 6.51. The van der Waals surface area contributed by atoms with Gasteiger partial charge in [0.25, 0.3) is 5.91 Å². The highest BCUT2D eigenvalue weighted by molar-refractivity contribution is 7.91. The van der Waals surface area contributed by atoms with Crippen molar-refractivity contribution in [1.82, 2.24) is 25.2 Å². The van der Waals surface area contributed by atoms with E-state index >= 15 is 0 Å². The van der Waals surface area contributed by atoms with E-state index in [2.05, 4.69) is 20.3 Å². The molecule has 57 heavy (non-hydrogen) atoms. The fraction of sp³-hybridized carbons (Fsp3) is 0.605. The number of carbonyl (C=O) groups excluding carboxylic acids is 4. The van der Waals surface area contributed by atoms with E-state index in [1.165, 1.54) is 18.2 Å². The molecule has 1 aromatic heterocycles. The number of hydrogen-bond donors (Lipinski definition) is 3. The number of ether oxygens (including phenoxy) is 3. The Morgan fingerprint density at radius 3 is 2.49 bits per heavy atom. The predicted molar refractivity (Wildman–Crippen MR) is 202 cm³/mol. The van der Waals surface area contributed by atoms with Crippen LogP contribution in [0.15, 0.2) is 36.5 Å². The molecule has 19 heteroatoms. The predicted octanol–water partition coefficient (Wildman–Crippen LogP) is 5.18. The van der Waals surface area contributed by atoms with E-state index in [1.807, 2.05) is 13.0 Å². The van der Waals surface area contributed by atoms with Crippen LogP contribution < -0.4 is 24.8 Å². The molecule has 1 saturated heterocycles. The molecule has 4 amide bonds. The number of rotatable bonds is 8. The number of aromatic nitrogens is 1. The van der Waals surface area contributed by atoms with Gasteiger partial charge in [0.2, 0.25) is 33.3 Å². The lowest BCUT2D eigenvalue weighted by Crippen LogP contribution is -2.59. The number of carbonyl (C=O) groups is 4. The number of pyridine rings is 1. The number of amides is 4. The molecule has 2 aromatic rings. The van der Waals surface area contributed by atoms with E-state index in [-0.39, 0.29) is 31.2 Å². The van der Waals surface area contributed by atoms with Crippen molar-refractivity contribution in [3.8, 4) is 11.6 Å². The van der Waals surface area contributed by atoms with Crippen molar-refractivity contribution in [1.29, 1.82) is 0 Å². The lowest BCUT2D eigenvalue weighted by molar-refractivity contribution is -0.244. The Labute approximate surface area is 333 Å². The van der Waals surface area contributed by atoms with Crippen LogP contribution in [-0.4, -0.2) is 96.5 Å². The summed E-state index contributed by atoms with van der Waals surface area (Å²) in [6.07, 6.45) is -0.00747. The summed E-state index contributed by atoms with van der Waals surface area (Å²) in [5.41, 5.74) is -4.53. The van der Waals surface area contributed by atoms with E-state index < -0.39 is 86.4 Å². The van der Waals surface area contributed by atoms with Crippen molar-refractivity contribution in [3.05, 3.63) is 41.6 Å². The molecular weight excluding hydrogens is 795 g/mol. The summed E-state index contributed by atoms with van der Waals surface area (Å²) in [6.45, 7) is 4.73. The van der Waals surface area contributed by atoms with Crippen LogP contribution in [0, 0.1) is 17.8 Å². The average molecular weight is 842 g/mol. The van der Waals surface area contributed by atoms with Crippen LogP contribution in [0.5, 0.6) is 11.6 Å². The number of alkyl halides is 3. The molecule has 14 nitrogen and oxygen atoms in total. The van der Waals surface area contributed by atoms with E-state index in [0.29, 0.717) is 67.5 Å². The Morgan fingerprint density at radius 2 is 1.82 bits per heavy atom. The highest BCUT2D eigenvalue weighted by Crippen LogP contribution is 2.46. The van der Waals surface area contributed by atoms with Gasteiger partial charge >= 0.3 is 12.3 Å². The number of hydrogen-bond acceptors (Lipinski definition) is 10. The summed E-state index contributed by atoms with van der Waals surface area (Å²) in [4.78, 5) is 61.6. The molecule has 3 fully saturated rings. The average Bonchev–Trinajstić information content (AvgIpc) is 4.05. The molecule has 6 rings (SSSR count). The van der Waals surface area contributed by atoms with Gasteiger partial charge in [-0.25, -0.2) is 18.2 Å². The Balaban J connectivity index is 1.36. The van der Waals surface area contributed by atoms with Gasteiger partial charge in [-0.15, -0.1) is 0 Å². The van der Waals surface area contributed by atoms with E-state index in [4.69, 9.17) is 25.8 Å². The third-order valence-corrected chi connectivity index (χ3v) is 13.3. The highest BCUT2D eigenvalue weighted by atomic mass is 35.5. The molecule has 3 heterocycles. The summed E-state index contributed by atoms with van der Waals surface area (Å²) in [5.74, 6) is -3.26. The summed E-state index contributed by atoms with van der Waals surface area (Å²) in [7, 11) is -2.54. The van der Waals surface area contributed by atoms with Gasteiger partial charge in [-0.3, -0.25) is 19.1 Å². The second-order valence-electron chi connectivity index (χ2n) is 16.1. The second kappa shape index (κ2) is 15.8. The third kappa shape index (κ3) is 8.91. The molecule has 3 N–H and O–H groups in total. The fourth-order valence-corrected chi connectivity index (χ4v) is 9.19. The third-order valence-electron chi connectivity index (χ3n) is 11.2. The van der Waals surface area contributed by atoms with Crippen molar-refractivity contribution in [3.63, 3.8) is 0 Å². The number of nitrogens with one attached hydrogen (secondary N) is 3. The molecule has 0 spiro atoms. The number of sulfonamides is 1. The minimum absolute atomic E-state index is 0.0445. The number of alkyl carbamates (subject to hydrolysis) is 1. The molecule has 7 atom stereocenters. The maximum Gasteiger partial charge on any atom is 0.427 e. The van der Waals surface area contributed by atoms with Crippen LogP contribution in [0.4, 0.5) is 18.0 Å². The normalized spacial score (nSPS) is 28.6. The van der Waals surface area contributed by atoms with Gasteiger partial charge < -0.3 is 29.7 Å². The number of methoxy groups -OCH3 is 1. The summed E-state index contributed by atoms with van der Waals surface area (Å²) in [5, 5.41) is 5.76. The molecule has 1 aromatic carbocycles.